The fourth-order valence-corrected chi connectivity index (χ4v) is 2.74. The smallest absolute Gasteiger partial charge is 0.0299 e. The molecule has 0 saturated carbocycles. The molecule has 0 aliphatic carbocycles. The van der Waals surface area contributed by atoms with E-state index in [2.05, 4.69) is 58.1 Å². The first-order chi connectivity index (χ1) is 7.25. The van der Waals surface area contributed by atoms with Crippen LogP contribution in [-0.4, -0.2) is 22.8 Å². The summed E-state index contributed by atoms with van der Waals surface area (Å²) < 4.78 is 0. The van der Waals surface area contributed by atoms with Crippen LogP contribution in [0.25, 0.3) is 0 Å². The lowest BCUT2D eigenvalue weighted by Gasteiger charge is -2.34. The lowest BCUT2D eigenvalue weighted by atomic mass is 9.98. The number of rotatable bonds is 2. The number of benzene rings is 1. The van der Waals surface area contributed by atoms with Gasteiger partial charge in [-0.1, -0.05) is 53.2 Å². The Bertz CT molecular complexity index is 299. The maximum atomic E-state index is 3.77. The Labute approximate surface area is 101 Å². The van der Waals surface area contributed by atoms with Crippen molar-refractivity contribution >= 4 is 15.9 Å². The van der Waals surface area contributed by atoms with E-state index in [0.29, 0.717) is 4.83 Å². The second-order valence-corrected chi connectivity index (χ2v) is 5.68. The summed E-state index contributed by atoms with van der Waals surface area (Å²) in [5, 5.41) is 0. The molecule has 0 aromatic heterocycles. The molecule has 15 heavy (non-hydrogen) atoms. The van der Waals surface area contributed by atoms with Crippen LogP contribution in [0.15, 0.2) is 30.3 Å². The molecular formula is C13H18BrN. The van der Waals surface area contributed by atoms with E-state index in [1.165, 1.54) is 25.1 Å². The largest absolute Gasteiger partial charge is 0.298 e. The van der Waals surface area contributed by atoms with Gasteiger partial charge in [0, 0.05) is 17.9 Å². The minimum atomic E-state index is 0.662. The molecule has 0 amide bonds. The van der Waals surface area contributed by atoms with E-state index in [4.69, 9.17) is 0 Å². The van der Waals surface area contributed by atoms with Crippen LogP contribution < -0.4 is 0 Å². The minimum Gasteiger partial charge on any atom is -0.298 e. The van der Waals surface area contributed by atoms with E-state index in [-0.39, 0.29) is 0 Å². The third-order valence-electron chi connectivity index (χ3n) is 3.20. The maximum Gasteiger partial charge on any atom is 0.0299 e. The molecule has 1 saturated heterocycles. The molecule has 2 unspecified atom stereocenters. The number of likely N-dealkylation sites (tertiary alicyclic amines) is 1. The van der Waals surface area contributed by atoms with Gasteiger partial charge < -0.3 is 0 Å². The van der Waals surface area contributed by atoms with Crippen LogP contribution in [0.4, 0.5) is 0 Å². The van der Waals surface area contributed by atoms with E-state index in [0.717, 1.165) is 12.5 Å². The Kier molecular flexibility index (Phi) is 3.81. The summed E-state index contributed by atoms with van der Waals surface area (Å²) in [4.78, 5) is 3.20. The molecule has 1 heterocycles. The second kappa shape index (κ2) is 5.13. The van der Waals surface area contributed by atoms with Crippen LogP contribution in [-0.2, 0) is 6.54 Å². The van der Waals surface area contributed by atoms with Crippen LogP contribution in [0.5, 0.6) is 0 Å². The summed E-state index contributed by atoms with van der Waals surface area (Å²) in [5.41, 5.74) is 1.42. The van der Waals surface area contributed by atoms with Gasteiger partial charge in [-0.25, -0.2) is 0 Å². The van der Waals surface area contributed by atoms with Gasteiger partial charge in [0.1, 0.15) is 0 Å². The van der Waals surface area contributed by atoms with E-state index < -0.39 is 0 Å². The Hall–Kier alpha value is -0.340. The fraction of sp³-hybridized carbons (Fsp3) is 0.538. The Morgan fingerprint density at radius 2 is 2.07 bits per heavy atom. The van der Waals surface area contributed by atoms with Crippen molar-refractivity contribution in [3.63, 3.8) is 0 Å². The average Bonchev–Trinajstić information content (AvgIpc) is 2.25. The summed E-state index contributed by atoms with van der Waals surface area (Å²) in [6.45, 7) is 5.84. The number of nitrogens with zero attached hydrogens (tertiary/aromatic N) is 1. The van der Waals surface area contributed by atoms with Crippen molar-refractivity contribution in [2.24, 2.45) is 5.92 Å². The molecule has 0 N–H and O–H groups in total. The number of hydrogen-bond donors (Lipinski definition) is 0. The molecule has 0 spiro atoms. The van der Waals surface area contributed by atoms with Gasteiger partial charge in [-0.3, -0.25) is 4.90 Å². The van der Waals surface area contributed by atoms with E-state index in [1.54, 1.807) is 0 Å². The zero-order valence-corrected chi connectivity index (χ0v) is 10.8. The molecular weight excluding hydrogens is 250 g/mol. The molecule has 1 fully saturated rings. The van der Waals surface area contributed by atoms with Gasteiger partial charge in [-0.15, -0.1) is 0 Å². The Morgan fingerprint density at radius 1 is 1.33 bits per heavy atom. The summed E-state index contributed by atoms with van der Waals surface area (Å²) in [6, 6.07) is 10.7. The first-order valence-electron chi connectivity index (χ1n) is 5.66. The highest BCUT2D eigenvalue weighted by atomic mass is 79.9. The quantitative estimate of drug-likeness (QED) is 0.744. The SMILES string of the molecule is CC1CCN(Cc2ccccc2)CC1Br. The Morgan fingerprint density at radius 3 is 2.73 bits per heavy atom. The molecule has 0 bridgehead atoms. The van der Waals surface area contributed by atoms with E-state index in [1.807, 2.05) is 0 Å². The average molecular weight is 268 g/mol. The van der Waals surface area contributed by atoms with Crippen molar-refractivity contribution in [3.8, 4) is 0 Å². The molecule has 82 valence electrons. The molecule has 1 aliphatic rings. The van der Waals surface area contributed by atoms with Gasteiger partial charge >= 0.3 is 0 Å². The van der Waals surface area contributed by atoms with Crippen LogP contribution in [0.1, 0.15) is 18.9 Å². The van der Waals surface area contributed by atoms with Crippen molar-refractivity contribution in [1.29, 1.82) is 0 Å². The number of alkyl halides is 1. The Balaban J connectivity index is 1.91. The minimum absolute atomic E-state index is 0.662. The summed E-state index contributed by atoms with van der Waals surface area (Å²) in [7, 11) is 0. The standard InChI is InChI=1S/C13H18BrN/c1-11-7-8-15(10-13(11)14)9-12-5-3-2-4-6-12/h2-6,11,13H,7-10H2,1H3. The summed E-state index contributed by atoms with van der Waals surface area (Å²) in [5.74, 6) is 0.817. The fourth-order valence-electron chi connectivity index (χ4n) is 2.07. The summed E-state index contributed by atoms with van der Waals surface area (Å²) >= 11 is 3.77. The van der Waals surface area contributed by atoms with Crippen LogP contribution >= 0.6 is 15.9 Å². The predicted octanol–water partition coefficient (Wildman–Crippen LogP) is 3.29. The van der Waals surface area contributed by atoms with Gasteiger partial charge in [0.15, 0.2) is 0 Å². The molecule has 0 radical (unpaired) electrons. The zero-order valence-electron chi connectivity index (χ0n) is 9.20. The topological polar surface area (TPSA) is 3.24 Å². The lowest BCUT2D eigenvalue weighted by molar-refractivity contribution is 0.194. The van der Waals surface area contributed by atoms with Crippen molar-refractivity contribution in [2.75, 3.05) is 13.1 Å². The molecule has 2 rings (SSSR count). The number of hydrogen-bond acceptors (Lipinski definition) is 1. The van der Waals surface area contributed by atoms with Crippen molar-refractivity contribution in [2.45, 2.75) is 24.7 Å². The molecule has 1 aromatic rings. The third-order valence-corrected chi connectivity index (χ3v) is 4.39. The highest BCUT2D eigenvalue weighted by Gasteiger charge is 2.23. The van der Waals surface area contributed by atoms with Gasteiger partial charge in [-0.05, 0) is 24.4 Å². The van der Waals surface area contributed by atoms with Gasteiger partial charge in [0.25, 0.3) is 0 Å². The highest BCUT2D eigenvalue weighted by molar-refractivity contribution is 9.09. The number of halogens is 1. The van der Waals surface area contributed by atoms with Crippen LogP contribution in [0.3, 0.4) is 0 Å². The van der Waals surface area contributed by atoms with Crippen LogP contribution in [0.2, 0.25) is 0 Å². The maximum absolute atomic E-state index is 3.77. The molecule has 1 aromatic carbocycles. The predicted molar refractivity (Wildman–Crippen MR) is 68.2 cm³/mol. The van der Waals surface area contributed by atoms with E-state index in [9.17, 15) is 0 Å². The second-order valence-electron chi connectivity index (χ2n) is 4.50. The molecule has 1 aliphatic heterocycles. The van der Waals surface area contributed by atoms with Crippen molar-refractivity contribution in [1.82, 2.24) is 4.90 Å². The zero-order chi connectivity index (χ0) is 10.7. The third kappa shape index (κ3) is 3.05. The van der Waals surface area contributed by atoms with Gasteiger partial charge in [0.05, 0.1) is 0 Å². The van der Waals surface area contributed by atoms with Gasteiger partial charge in [-0.2, -0.15) is 0 Å². The van der Waals surface area contributed by atoms with Crippen LogP contribution in [0, 0.1) is 5.92 Å². The molecule has 1 nitrogen and oxygen atoms in total. The monoisotopic (exact) mass is 267 g/mol. The van der Waals surface area contributed by atoms with Crippen molar-refractivity contribution < 1.29 is 0 Å². The normalized spacial score (nSPS) is 27.9. The highest BCUT2D eigenvalue weighted by Crippen LogP contribution is 2.24. The first-order valence-corrected chi connectivity index (χ1v) is 6.57. The molecule has 2 atom stereocenters. The lowest BCUT2D eigenvalue weighted by Crippen LogP contribution is -2.39. The summed E-state index contributed by atoms with van der Waals surface area (Å²) in [6.07, 6.45) is 1.31. The van der Waals surface area contributed by atoms with Crippen molar-refractivity contribution in [3.05, 3.63) is 35.9 Å². The molecule has 2 heteroatoms. The van der Waals surface area contributed by atoms with Gasteiger partial charge in [0.2, 0.25) is 0 Å². The number of piperidine rings is 1. The first kappa shape index (κ1) is 11.2. The van der Waals surface area contributed by atoms with E-state index >= 15 is 0 Å².